The predicted octanol–water partition coefficient (Wildman–Crippen LogP) is 2.38. The van der Waals surface area contributed by atoms with E-state index >= 15 is 0 Å². The van der Waals surface area contributed by atoms with E-state index in [1.807, 2.05) is 0 Å². The molecule has 6 nitrogen and oxygen atoms in total. The smallest absolute Gasteiger partial charge is 0.340 e. The summed E-state index contributed by atoms with van der Waals surface area (Å²) in [5, 5.41) is 7.94. The number of carbonyl (C=O) groups is 1. The van der Waals surface area contributed by atoms with Crippen molar-refractivity contribution in [1.29, 1.82) is 0 Å². The lowest BCUT2D eigenvalue weighted by Crippen LogP contribution is -2.06. The van der Waals surface area contributed by atoms with Crippen molar-refractivity contribution in [2.45, 2.75) is 0 Å². The van der Waals surface area contributed by atoms with Crippen LogP contribution in [0.5, 0.6) is 0 Å². The van der Waals surface area contributed by atoms with Crippen molar-refractivity contribution in [3.8, 4) is 5.69 Å². The zero-order chi connectivity index (χ0) is 15.7. The van der Waals surface area contributed by atoms with Gasteiger partial charge in [-0.05, 0) is 30.3 Å². The van der Waals surface area contributed by atoms with Crippen LogP contribution in [0.1, 0.15) is 16.1 Å². The van der Waals surface area contributed by atoms with Crippen molar-refractivity contribution < 1.29 is 13.9 Å². The first-order chi connectivity index (χ1) is 10.6. The maximum atomic E-state index is 14.0. The van der Waals surface area contributed by atoms with Gasteiger partial charge >= 0.3 is 5.97 Å². The zero-order valence-electron chi connectivity index (χ0n) is 11.7. The minimum Gasteiger partial charge on any atom is -0.465 e. The first-order valence-electron chi connectivity index (χ1n) is 6.37. The highest BCUT2D eigenvalue weighted by molar-refractivity contribution is 5.90. The van der Waals surface area contributed by atoms with E-state index in [1.54, 1.807) is 24.3 Å². The third-order valence-corrected chi connectivity index (χ3v) is 3.13. The van der Waals surface area contributed by atoms with E-state index in [2.05, 4.69) is 26.6 Å². The molecule has 0 aliphatic carbocycles. The number of carbonyl (C=O) groups excluding carboxylic acids is 1. The topological polar surface area (TPSA) is 69.9 Å². The molecule has 0 aliphatic heterocycles. The fourth-order valence-corrected chi connectivity index (χ4v) is 2.02. The standard InChI is InChI=1S/C15H11FN4O2/c1-3-9-4-7-13-14(17-9)20(19-18-13)10-5-6-11(12(16)8-10)15(21)22-2/h3-8H,1H2,2H3. The van der Waals surface area contributed by atoms with Gasteiger partial charge in [-0.3, -0.25) is 0 Å². The van der Waals surface area contributed by atoms with Gasteiger partial charge in [0.15, 0.2) is 5.65 Å². The van der Waals surface area contributed by atoms with Crippen molar-refractivity contribution >= 4 is 23.2 Å². The Labute approximate surface area is 124 Å². The van der Waals surface area contributed by atoms with Crippen molar-refractivity contribution in [3.63, 3.8) is 0 Å². The molecule has 0 saturated carbocycles. The third-order valence-electron chi connectivity index (χ3n) is 3.13. The molecular formula is C15H11FN4O2. The van der Waals surface area contributed by atoms with Crippen LogP contribution in [-0.4, -0.2) is 33.1 Å². The summed E-state index contributed by atoms with van der Waals surface area (Å²) in [6.07, 6.45) is 1.59. The van der Waals surface area contributed by atoms with Crippen LogP contribution in [0, 0.1) is 5.82 Å². The van der Waals surface area contributed by atoms with Crippen LogP contribution < -0.4 is 0 Å². The molecule has 7 heteroatoms. The lowest BCUT2D eigenvalue weighted by atomic mass is 10.2. The first kappa shape index (κ1) is 13.9. The molecule has 3 rings (SSSR count). The molecule has 0 atom stereocenters. The minimum atomic E-state index is -0.737. The highest BCUT2D eigenvalue weighted by atomic mass is 19.1. The second kappa shape index (κ2) is 5.36. The van der Waals surface area contributed by atoms with E-state index in [1.165, 1.54) is 23.9 Å². The Morgan fingerprint density at radius 2 is 2.18 bits per heavy atom. The summed E-state index contributed by atoms with van der Waals surface area (Å²) in [6.45, 7) is 3.66. The SMILES string of the molecule is C=Cc1ccc2nnn(-c3ccc(C(=O)OC)c(F)c3)c2n1. The molecule has 0 fully saturated rings. The molecule has 0 radical (unpaired) electrons. The van der Waals surface area contributed by atoms with Gasteiger partial charge in [-0.1, -0.05) is 11.8 Å². The molecule has 2 heterocycles. The van der Waals surface area contributed by atoms with Crippen LogP contribution in [0.3, 0.4) is 0 Å². The molecule has 1 aromatic carbocycles. The highest BCUT2D eigenvalue weighted by Gasteiger charge is 2.15. The van der Waals surface area contributed by atoms with Crippen LogP contribution in [0.2, 0.25) is 0 Å². The van der Waals surface area contributed by atoms with Gasteiger partial charge in [0.05, 0.1) is 24.1 Å². The maximum absolute atomic E-state index is 14.0. The van der Waals surface area contributed by atoms with E-state index in [-0.39, 0.29) is 5.56 Å². The van der Waals surface area contributed by atoms with E-state index in [9.17, 15) is 9.18 Å². The first-order valence-corrected chi connectivity index (χ1v) is 6.37. The van der Waals surface area contributed by atoms with Gasteiger partial charge in [0.25, 0.3) is 0 Å². The second-order valence-electron chi connectivity index (χ2n) is 4.44. The number of hydrogen-bond donors (Lipinski definition) is 0. The molecule has 0 bridgehead atoms. The fourth-order valence-electron chi connectivity index (χ4n) is 2.02. The fraction of sp³-hybridized carbons (Fsp3) is 0.0667. The Morgan fingerprint density at radius 3 is 2.86 bits per heavy atom. The van der Waals surface area contributed by atoms with Gasteiger partial charge in [-0.2, -0.15) is 4.68 Å². The highest BCUT2D eigenvalue weighted by Crippen LogP contribution is 2.18. The molecule has 0 amide bonds. The predicted molar refractivity (Wildman–Crippen MR) is 78.0 cm³/mol. The Balaban J connectivity index is 2.13. The Morgan fingerprint density at radius 1 is 1.36 bits per heavy atom. The molecule has 3 aromatic rings. The van der Waals surface area contributed by atoms with Crippen molar-refractivity contribution in [3.05, 3.63) is 54.0 Å². The van der Waals surface area contributed by atoms with E-state index in [0.717, 1.165) is 0 Å². The van der Waals surface area contributed by atoms with Gasteiger partial charge in [-0.15, -0.1) is 5.10 Å². The molecule has 22 heavy (non-hydrogen) atoms. The van der Waals surface area contributed by atoms with Crippen molar-refractivity contribution in [2.75, 3.05) is 7.11 Å². The van der Waals surface area contributed by atoms with E-state index in [4.69, 9.17) is 0 Å². The number of fused-ring (bicyclic) bond motifs is 1. The average molecular weight is 298 g/mol. The van der Waals surface area contributed by atoms with Crippen LogP contribution in [0.25, 0.3) is 22.9 Å². The molecular weight excluding hydrogens is 287 g/mol. The number of halogens is 1. The molecule has 0 N–H and O–H groups in total. The number of esters is 1. The zero-order valence-corrected chi connectivity index (χ0v) is 11.7. The number of aromatic nitrogens is 4. The second-order valence-corrected chi connectivity index (χ2v) is 4.44. The minimum absolute atomic E-state index is 0.143. The maximum Gasteiger partial charge on any atom is 0.340 e. The Bertz CT molecular complexity index is 888. The van der Waals surface area contributed by atoms with Crippen LogP contribution in [-0.2, 0) is 4.74 Å². The summed E-state index contributed by atoms with van der Waals surface area (Å²) in [5.41, 5.74) is 1.96. The number of ether oxygens (including phenoxy) is 1. The molecule has 0 unspecified atom stereocenters. The third kappa shape index (κ3) is 2.22. The van der Waals surface area contributed by atoms with Crippen molar-refractivity contribution in [2.24, 2.45) is 0 Å². The van der Waals surface area contributed by atoms with Crippen LogP contribution in [0.4, 0.5) is 4.39 Å². The normalized spacial score (nSPS) is 10.6. The summed E-state index contributed by atoms with van der Waals surface area (Å²) in [4.78, 5) is 15.7. The van der Waals surface area contributed by atoms with Crippen LogP contribution in [0.15, 0.2) is 36.9 Å². The monoisotopic (exact) mass is 298 g/mol. The number of pyridine rings is 1. The summed E-state index contributed by atoms with van der Waals surface area (Å²) >= 11 is 0. The molecule has 2 aromatic heterocycles. The molecule has 0 aliphatic rings. The largest absolute Gasteiger partial charge is 0.465 e. The van der Waals surface area contributed by atoms with Gasteiger partial charge in [0, 0.05) is 6.07 Å². The van der Waals surface area contributed by atoms with Crippen LogP contribution >= 0.6 is 0 Å². The molecule has 110 valence electrons. The van der Waals surface area contributed by atoms with Crippen molar-refractivity contribution in [1.82, 2.24) is 20.0 Å². The van der Waals surface area contributed by atoms with Gasteiger partial charge in [0.1, 0.15) is 11.3 Å². The Kier molecular flexibility index (Phi) is 3.38. The number of nitrogens with zero attached hydrogens (tertiary/aromatic N) is 4. The summed E-state index contributed by atoms with van der Waals surface area (Å²) < 4.78 is 19.9. The Hall–Kier alpha value is -3.09. The number of hydrogen-bond acceptors (Lipinski definition) is 5. The summed E-state index contributed by atoms with van der Waals surface area (Å²) in [6, 6.07) is 7.58. The quantitative estimate of drug-likeness (QED) is 0.694. The lowest BCUT2D eigenvalue weighted by Gasteiger charge is -2.05. The summed E-state index contributed by atoms with van der Waals surface area (Å²) in [7, 11) is 1.20. The van der Waals surface area contributed by atoms with Gasteiger partial charge in [0.2, 0.25) is 0 Å². The molecule has 0 spiro atoms. The molecule has 0 saturated heterocycles. The van der Waals surface area contributed by atoms with Gasteiger partial charge < -0.3 is 4.74 Å². The summed E-state index contributed by atoms with van der Waals surface area (Å²) in [5.74, 6) is -1.44. The number of benzene rings is 1. The van der Waals surface area contributed by atoms with Gasteiger partial charge in [-0.25, -0.2) is 14.2 Å². The van der Waals surface area contributed by atoms with E-state index < -0.39 is 11.8 Å². The average Bonchev–Trinajstić information content (AvgIpc) is 2.96. The number of methoxy groups -OCH3 is 1. The number of rotatable bonds is 3. The lowest BCUT2D eigenvalue weighted by molar-refractivity contribution is 0.0595. The van der Waals surface area contributed by atoms with E-state index in [0.29, 0.717) is 22.5 Å².